The number of amides is 2. The van der Waals surface area contributed by atoms with E-state index in [1.165, 1.54) is 0 Å². The minimum absolute atomic E-state index is 0.140. The number of carboxylic acids is 2. The molecule has 3 rings (SSSR count). The van der Waals surface area contributed by atoms with Crippen LogP contribution >= 0.6 is 11.3 Å². The molecule has 1 aromatic carbocycles. The molecule has 8 nitrogen and oxygen atoms in total. The first-order valence-corrected chi connectivity index (χ1v) is 9.61. The Balaban J connectivity index is 1.55. The van der Waals surface area contributed by atoms with Crippen molar-refractivity contribution in [2.24, 2.45) is 0 Å². The number of nitrogens with one attached hydrogen (secondary N) is 1. The number of urea groups is 1. The van der Waals surface area contributed by atoms with E-state index in [1.807, 2.05) is 24.3 Å². The molecular formula is C18H21N3O5S. The molecule has 0 aliphatic carbocycles. The number of fused-ring (bicyclic) bond motifs is 1. The number of aromatic nitrogens is 1. The lowest BCUT2D eigenvalue weighted by Gasteiger charge is -2.32. The van der Waals surface area contributed by atoms with Crippen molar-refractivity contribution >= 4 is 39.5 Å². The molecule has 1 saturated heterocycles. The number of carbonyl (C=O) groups is 3. The second-order valence-electron chi connectivity index (χ2n) is 6.55. The quantitative estimate of drug-likeness (QED) is 0.696. The number of carboxylic acid groups (broad SMARTS) is 2. The number of nitrogens with zero attached hydrogens (tertiary/aromatic N) is 2. The SMILES string of the molecule is O=C(O)CC[C@@H](NC(=O)N1CCC(c2nc3ccccc3s2)CC1)C(=O)O. The smallest absolute Gasteiger partial charge is 0.326 e. The van der Waals surface area contributed by atoms with Crippen LogP contribution < -0.4 is 5.32 Å². The summed E-state index contributed by atoms with van der Waals surface area (Å²) in [4.78, 5) is 40.4. The molecule has 0 spiro atoms. The maximum absolute atomic E-state index is 12.3. The molecular weight excluding hydrogens is 370 g/mol. The second-order valence-corrected chi connectivity index (χ2v) is 7.62. The lowest BCUT2D eigenvalue weighted by Crippen LogP contribution is -2.50. The van der Waals surface area contributed by atoms with E-state index in [9.17, 15) is 14.4 Å². The van der Waals surface area contributed by atoms with Crippen molar-refractivity contribution in [1.29, 1.82) is 0 Å². The summed E-state index contributed by atoms with van der Waals surface area (Å²) in [5.74, 6) is -2.03. The highest BCUT2D eigenvalue weighted by Crippen LogP contribution is 2.33. The zero-order valence-corrected chi connectivity index (χ0v) is 15.4. The highest BCUT2D eigenvalue weighted by Gasteiger charge is 2.28. The number of para-hydroxylation sites is 1. The van der Waals surface area contributed by atoms with Gasteiger partial charge in [0, 0.05) is 25.4 Å². The fourth-order valence-corrected chi connectivity index (χ4v) is 4.30. The predicted octanol–water partition coefficient (Wildman–Crippen LogP) is 2.50. The molecule has 3 N–H and O–H groups in total. The van der Waals surface area contributed by atoms with Gasteiger partial charge in [0.25, 0.3) is 0 Å². The van der Waals surface area contributed by atoms with Crippen molar-refractivity contribution in [2.75, 3.05) is 13.1 Å². The zero-order chi connectivity index (χ0) is 19.4. The highest BCUT2D eigenvalue weighted by atomic mass is 32.1. The summed E-state index contributed by atoms with van der Waals surface area (Å²) >= 11 is 1.67. The lowest BCUT2D eigenvalue weighted by molar-refractivity contribution is -0.140. The number of likely N-dealkylation sites (tertiary alicyclic amines) is 1. The van der Waals surface area contributed by atoms with Crippen LogP contribution in [-0.4, -0.2) is 57.2 Å². The van der Waals surface area contributed by atoms with Gasteiger partial charge in [-0.25, -0.2) is 14.6 Å². The fraction of sp³-hybridized carbons (Fsp3) is 0.444. The van der Waals surface area contributed by atoms with Crippen molar-refractivity contribution in [3.05, 3.63) is 29.3 Å². The van der Waals surface area contributed by atoms with Crippen LogP contribution in [0.1, 0.15) is 36.6 Å². The van der Waals surface area contributed by atoms with E-state index in [4.69, 9.17) is 10.2 Å². The molecule has 2 aromatic rings. The monoisotopic (exact) mass is 391 g/mol. The van der Waals surface area contributed by atoms with Gasteiger partial charge in [-0.15, -0.1) is 11.3 Å². The van der Waals surface area contributed by atoms with Gasteiger partial charge in [0.1, 0.15) is 6.04 Å². The Hall–Kier alpha value is -2.68. The Morgan fingerprint density at radius 1 is 1.22 bits per heavy atom. The Bertz CT molecular complexity index is 811. The van der Waals surface area contributed by atoms with Gasteiger partial charge in [0.05, 0.1) is 15.2 Å². The zero-order valence-electron chi connectivity index (χ0n) is 14.6. The Morgan fingerprint density at radius 2 is 1.93 bits per heavy atom. The number of rotatable bonds is 6. The van der Waals surface area contributed by atoms with E-state index in [0.717, 1.165) is 28.1 Å². The summed E-state index contributed by atoms with van der Waals surface area (Å²) in [7, 11) is 0. The van der Waals surface area contributed by atoms with Crippen molar-refractivity contribution in [2.45, 2.75) is 37.6 Å². The molecule has 9 heteroatoms. The fourth-order valence-electron chi connectivity index (χ4n) is 3.16. The number of piperidine rings is 1. The largest absolute Gasteiger partial charge is 0.481 e. The van der Waals surface area contributed by atoms with Gasteiger partial charge in [-0.3, -0.25) is 4.79 Å². The molecule has 1 atom stereocenters. The number of hydrogen-bond acceptors (Lipinski definition) is 5. The van der Waals surface area contributed by atoms with E-state index in [1.54, 1.807) is 16.2 Å². The van der Waals surface area contributed by atoms with E-state index >= 15 is 0 Å². The summed E-state index contributed by atoms with van der Waals surface area (Å²) < 4.78 is 1.15. The maximum Gasteiger partial charge on any atom is 0.326 e. The van der Waals surface area contributed by atoms with Gasteiger partial charge in [-0.1, -0.05) is 12.1 Å². The molecule has 1 aliphatic rings. The molecule has 0 saturated carbocycles. The molecule has 2 amide bonds. The summed E-state index contributed by atoms with van der Waals surface area (Å²) in [5, 5.41) is 21.4. The average Bonchev–Trinajstić information content (AvgIpc) is 3.09. The Kier molecular flexibility index (Phi) is 5.90. The third-order valence-electron chi connectivity index (χ3n) is 4.68. The molecule has 1 aromatic heterocycles. The van der Waals surface area contributed by atoms with Crippen LogP contribution in [-0.2, 0) is 9.59 Å². The average molecular weight is 391 g/mol. The van der Waals surface area contributed by atoms with Gasteiger partial charge >= 0.3 is 18.0 Å². The highest BCUT2D eigenvalue weighted by molar-refractivity contribution is 7.18. The van der Waals surface area contributed by atoms with Crippen LogP contribution in [0.15, 0.2) is 24.3 Å². The van der Waals surface area contributed by atoms with Crippen LogP contribution in [0.4, 0.5) is 4.79 Å². The minimum Gasteiger partial charge on any atom is -0.481 e. The van der Waals surface area contributed by atoms with E-state index in [-0.39, 0.29) is 18.8 Å². The number of carbonyl (C=O) groups excluding carboxylic acids is 1. The van der Waals surface area contributed by atoms with Crippen LogP contribution in [0.25, 0.3) is 10.2 Å². The number of aliphatic carboxylic acids is 2. The number of hydrogen-bond donors (Lipinski definition) is 3. The van der Waals surface area contributed by atoms with E-state index in [2.05, 4.69) is 10.3 Å². The summed E-state index contributed by atoms with van der Waals surface area (Å²) in [6.07, 6.45) is 1.08. The number of thiazole rings is 1. The standard InChI is InChI=1S/C18H21N3O5S/c22-15(23)6-5-13(17(24)25)20-18(26)21-9-7-11(8-10-21)16-19-12-3-1-2-4-14(12)27-16/h1-4,11,13H,5-10H2,(H,20,26)(H,22,23)(H,24,25)/t13-/m1/s1. The molecule has 2 heterocycles. The van der Waals surface area contributed by atoms with E-state index < -0.39 is 24.0 Å². The van der Waals surface area contributed by atoms with Crippen molar-refractivity contribution in [3.8, 4) is 0 Å². The van der Waals surface area contributed by atoms with Crippen molar-refractivity contribution < 1.29 is 24.6 Å². The van der Waals surface area contributed by atoms with E-state index in [0.29, 0.717) is 13.1 Å². The molecule has 1 fully saturated rings. The predicted molar refractivity (Wildman–Crippen MR) is 100.0 cm³/mol. The van der Waals surface area contributed by atoms with Crippen molar-refractivity contribution in [3.63, 3.8) is 0 Å². The topological polar surface area (TPSA) is 120 Å². The van der Waals surface area contributed by atoms with Gasteiger partial charge < -0.3 is 20.4 Å². The molecule has 0 radical (unpaired) electrons. The molecule has 0 bridgehead atoms. The maximum atomic E-state index is 12.3. The first kappa shape index (κ1) is 19.1. The van der Waals surface area contributed by atoms with Gasteiger partial charge in [-0.2, -0.15) is 0 Å². The molecule has 144 valence electrons. The number of benzene rings is 1. The first-order valence-electron chi connectivity index (χ1n) is 8.79. The van der Waals surface area contributed by atoms with Crippen LogP contribution in [0.2, 0.25) is 0 Å². The summed E-state index contributed by atoms with van der Waals surface area (Å²) in [6.45, 7) is 1.02. The summed E-state index contributed by atoms with van der Waals surface area (Å²) in [5.41, 5.74) is 0.986. The first-order chi connectivity index (χ1) is 12.9. The lowest BCUT2D eigenvalue weighted by atomic mass is 9.98. The van der Waals surface area contributed by atoms with Crippen LogP contribution in [0, 0.1) is 0 Å². The van der Waals surface area contributed by atoms with Crippen LogP contribution in [0.5, 0.6) is 0 Å². The third kappa shape index (κ3) is 4.73. The summed E-state index contributed by atoms with van der Waals surface area (Å²) in [6, 6.07) is 6.32. The Morgan fingerprint density at radius 3 is 2.56 bits per heavy atom. The van der Waals surface area contributed by atoms with Gasteiger partial charge in [0.15, 0.2) is 0 Å². The second kappa shape index (κ2) is 8.34. The van der Waals surface area contributed by atoms with Gasteiger partial charge in [0.2, 0.25) is 0 Å². The van der Waals surface area contributed by atoms with Gasteiger partial charge in [-0.05, 0) is 31.4 Å². The minimum atomic E-state index is -1.23. The Labute approximate surface area is 159 Å². The molecule has 0 unspecified atom stereocenters. The van der Waals surface area contributed by atoms with Crippen molar-refractivity contribution in [1.82, 2.24) is 15.2 Å². The molecule has 27 heavy (non-hydrogen) atoms. The van der Waals surface area contributed by atoms with Crippen LogP contribution in [0.3, 0.4) is 0 Å². The third-order valence-corrected chi connectivity index (χ3v) is 5.88. The molecule has 1 aliphatic heterocycles. The normalized spacial score (nSPS) is 16.2.